The van der Waals surface area contributed by atoms with E-state index in [4.69, 9.17) is 0 Å². The van der Waals surface area contributed by atoms with E-state index in [1.54, 1.807) is 18.0 Å². The zero-order valence-corrected chi connectivity index (χ0v) is 9.24. The van der Waals surface area contributed by atoms with Crippen molar-refractivity contribution in [2.24, 2.45) is 0 Å². The predicted molar refractivity (Wildman–Crippen MR) is 59.4 cm³/mol. The largest absolute Gasteiger partial charge is 0.344 e. The quantitative estimate of drug-likeness (QED) is 0.777. The molecule has 0 radical (unpaired) electrons. The number of likely N-dealkylation sites (N-methyl/N-ethyl adjacent to an activating group) is 1. The summed E-state index contributed by atoms with van der Waals surface area (Å²) in [4.78, 5) is 13.2. The molecular weight excluding hydrogens is 207 g/mol. The zero-order chi connectivity index (χ0) is 11.5. The van der Waals surface area contributed by atoms with E-state index in [1.807, 2.05) is 6.07 Å². The second kappa shape index (κ2) is 4.61. The van der Waals surface area contributed by atoms with Crippen LogP contribution < -0.4 is 5.32 Å². The van der Waals surface area contributed by atoms with E-state index in [9.17, 15) is 9.18 Å². The van der Waals surface area contributed by atoms with Gasteiger partial charge in [-0.25, -0.2) is 4.39 Å². The summed E-state index contributed by atoms with van der Waals surface area (Å²) < 4.78 is 13.1. The smallest absolute Gasteiger partial charge is 0.223 e. The van der Waals surface area contributed by atoms with Crippen LogP contribution in [-0.2, 0) is 4.79 Å². The second-order valence-corrected chi connectivity index (χ2v) is 4.09. The molecule has 2 rings (SSSR count). The Morgan fingerprint density at radius 1 is 1.50 bits per heavy atom. The van der Waals surface area contributed by atoms with Crippen LogP contribution in [0.25, 0.3) is 0 Å². The summed E-state index contributed by atoms with van der Waals surface area (Å²) in [6.07, 6.45) is 0.502. The topological polar surface area (TPSA) is 32.3 Å². The number of carbonyl (C=O) groups excluding carboxylic acids is 1. The van der Waals surface area contributed by atoms with Gasteiger partial charge in [0.25, 0.3) is 0 Å². The number of rotatable bonds is 1. The van der Waals surface area contributed by atoms with E-state index in [1.165, 1.54) is 12.1 Å². The van der Waals surface area contributed by atoms with Crippen LogP contribution in [-0.4, -0.2) is 30.9 Å². The molecule has 1 atom stereocenters. The lowest BCUT2D eigenvalue weighted by atomic mass is 10.1. The number of nitrogens with one attached hydrogen (secondary N) is 1. The first-order valence-electron chi connectivity index (χ1n) is 5.39. The van der Waals surface area contributed by atoms with Gasteiger partial charge in [-0.15, -0.1) is 0 Å². The van der Waals surface area contributed by atoms with Gasteiger partial charge in [-0.3, -0.25) is 4.79 Å². The highest BCUT2D eigenvalue weighted by Gasteiger charge is 2.21. The Morgan fingerprint density at radius 3 is 3.06 bits per heavy atom. The molecule has 1 aromatic carbocycles. The van der Waals surface area contributed by atoms with Gasteiger partial charge in [-0.1, -0.05) is 12.1 Å². The van der Waals surface area contributed by atoms with Crippen LogP contribution in [0.2, 0.25) is 0 Å². The molecular formula is C12H15FN2O. The molecule has 0 spiro atoms. The zero-order valence-electron chi connectivity index (χ0n) is 9.24. The van der Waals surface area contributed by atoms with Crippen molar-refractivity contribution in [3.8, 4) is 0 Å². The van der Waals surface area contributed by atoms with Gasteiger partial charge in [-0.05, 0) is 17.7 Å². The molecule has 3 nitrogen and oxygen atoms in total. The van der Waals surface area contributed by atoms with Crippen LogP contribution >= 0.6 is 0 Å². The molecule has 1 saturated heterocycles. The fourth-order valence-corrected chi connectivity index (χ4v) is 1.93. The third-order valence-corrected chi connectivity index (χ3v) is 2.86. The standard InChI is InChI=1S/C12H15FN2O/c1-15-8-11(14-6-5-12(15)16)9-3-2-4-10(13)7-9/h2-4,7,11,14H,5-6,8H2,1H3. The van der Waals surface area contributed by atoms with Gasteiger partial charge in [0.1, 0.15) is 5.82 Å². The average Bonchev–Trinajstić information content (AvgIpc) is 2.42. The van der Waals surface area contributed by atoms with Crippen LogP contribution in [0.15, 0.2) is 24.3 Å². The highest BCUT2D eigenvalue weighted by molar-refractivity contribution is 5.76. The SMILES string of the molecule is CN1CC(c2cccc(F)c2)NCCC1=O. The number of benzene rings is 1. The maximum Gasteiger partial charge on any atom is 0.223 e. The molecule has 0 saturated carbocycles. The van der Waals surface area contributed by atoms with Crippen molar-refractivity contribution in [1.82, 2.24) is 10.2 Å². The van der Waals surface area contributed by atoms with Gasteiger partial charge in [-0.2, -0.15) is 0 Å². The van der Waals surface area contributed by atoms with Gasteiger partial charge in [0.2, 0.25) is 5.91 Å². The average molecular weight is 222 g/mol. The molecule has 0 bridgehead atoms. The van der Waals surface area contributed by atoms with Crippen molar-refractivity contribution in [2.45, 2.75) is 12.5 Å². The molecule has 0 aromatic heterocycles. The van der Waals surface area contributed by atoms with E-state index in [2.05, 4.69) is 5.32 Å². The molecule has 1 unspecified atom stereocenters. The molecule has 4 heteroatoms. The Hall–Kier alpha value is -1.42. The Bertz CT molecular complexity index is 394. The summed E-state index contributed by atoms with van der Waals surface area (Å²) in [5.74, 6) is -0.107. The Labute approximate surface area is 94.3 Å². The third-order valence-electron chi connectivity index (χ3n) is 2.86. The summed E-state index contributed by atoms with van der Waals surface area (Å²) in [5, 5.41) is 3.26. The fourth-order valence-electron chi connectivity index (χ4n) is 1.93. The summed E-state index contributed by atoms with van der Waals surface area (Å²) >= 11 is 0. The summed E-state index contributed by atoms with van der Waals surface area (Å²) in [7, 11) is 1.78. The summed E-state index contributed by atoms with van der Waals surface area (Å²) in [6, 6.07) is 6.53. The number of hydrogen-bond donors (Lipinski definition) is 1. The van der Waals surface area contributed by atoms with Crippen molar-refractivity contribution < 1.29 is 9.18 Å². The van der Waals surface area contributed by atoms with E-state index < -0.39 is 0 Å². The van der Waals surface area contributed by atoms with E-state index in [0.717, 1.165) is 5.56 Å². The van der Waals surface area contributed by atoms with E-state index in [0.29, 0.717) is 19.5 Å². The van der Waals surface area contributed by atoms with Crippen molar-refractivity contribution >= 4 is 5.91 Å². The molecule has 1 aliphatic rings. The molecule has 0 aliphatic carbocycles. The van der Waals surface area contributed by atoms with Gasteiger partial charge < -0.3 is 10.2 Å². The van der Waals surface area contributed by atoms with Crippen LogP contribution in [0.3, 0.4) is 0 Å². The summed E-state index contributed by atoms with van der Waals surface area (Å²) in [5.41, 5.74) is 0.890. The minimum atomic E-state index is -0.238. The highest BCUT2D eigenvalue weighted by Crippen LogP contribution is 2.17. The molecule has 86 valence electrons. The molecule has 1 amide bonds. The maximum atomic E-state index is 13.1. The van der Waals surface area contributed by atoms with Crippen molar-refractivity contribution in [3.63, 3.8) is 0 Å². The first-order valence-corrected chi connectivity index (χ1v) is 5.39. The highest BCUT2D eigenvalue weighted by atomic mass is 19.1. The van der Waals surface area contributed by atoms with E-state index >= 15 is 0 Å². The molecule has 1 N–H and O–H groups in total. The minimum absolute atomic E-state index is 0.0205. The first kappa shape index (κ1) is 11.1. The normalized spacial score (nSPS) is 22.0. The Kier molecular flexibility index (Phi) is 3.19. The number of halogens is 1. The van der Waals surface area contributed by atoms with Gasteiger partial charge in [0, 0.05) is 32.6 Å². The lowest BCUT2D eigenvalue weighted by Crippen LogP contribution is -2.31. The van der Waals surface area contributed by atoms with E-state index in [-0.39, 0.29) is 17.8 Å². The minimum Gasteiger partial charge on any atom is -0.344 e. The maximum absolute atomic E-state index is 13.1. The van der Waals surface area contributed by atoms with Crippen LogP contribution in [0.4, 0.5) is 4.39 Å². The number of nitrogens with zero attached hydrogens (tertiary/aromatic N) is 1. The van der Waals surface area contributed by atoms with Gasteiger partial charge in [0.15, 0.2) is 0 Å². The molecule has 1 heterocycles. The molecule has 1 fully saturated rings. The number of hydrogen-bond acceptors (Lipinski definition) is 2. The first-order chi connectivity index (χ1) is 7.66. The van der Waals surface area contributed by atoms with Crippen molar-refractivity contribution in [2.75, 3.05) is 20.1 Å². The van der Waals surface area contributed by atoms with Crippen LogP contribution in [0, 0.1) is 5.82 Å². The third kappa shape index (κ3) is 2.39. The van der Waals surface area contributed by atoms with Crippen LogP contribution in [0.1, 0.15) is 18.0 Å². The lowest BCUT2D eigenvalue weighted by molar-refractivity contribution is -0.129. The molecule has 1 aromatic rings. The monoisotopic (exact) mass is 222 g/mol. The van der Waals surface area contributed by atoms with Gasteiger partial charge in [0.05, 0.1) is 0 Å². The van der Waals surface area contributed by atoms with Gasteiger partial charge >= 0.3 is 0 Å². The van der Waals surface area contributed by atoms with Crippen molar-refractivity contribution in [3.05, 3.63) is 35.6 Å². The number of amides is 1. The van der Waals surface area contributed by atoms with Crippen LogP contribution in [0.5, 0.6) is 0 Å². The van der Waals surface area contributed by atoms with Crippen molar-refractivity contribution in [1.29, 1.82) is 0 Å². The fraction of sp³-hybridized carbons (Fsp3) is 0.417. The Morgan fingerprint density at radius 2 is 2.31 bits per heavy atom. The predicted octanol–water partition coefficient (Wildman–Crippen LogP) is 1.32. The molecule has 1 aliphatic heterocycles. The lowest BCUT2D eigenvalue weighted by Gasteiger charge is -2.21. The summed E-state index contributed by atoms with van der Waals surface area (Å²) in [6.45, 7) is 1.23. The second-order valence-electron chi connectivity index (χ2n) is 4.09. The number of carbonyl (C=O) groups is 1. The molecule has 16 heavy (non-hydrogen) atoms. The Balaban J connectivity index is 2.17.